The lowest BCUT2D eigenvalue weighted by Gasteiger charge is -2.22. The van der Waals surface area contributed by atoms with Crippen molar-refractivity contribution >= 4 is 10.8 Å². The molecule has 4 nitrogen and oxygen atoms in total. The van der Waals surface area contributed by atoms with E-state index in [2.05, 4.69) is 83.8 Å². The van der Waals surface area contributed by atoms with E-state index >= 15 is 0 Å². The first-order valence-corrected chi connectivity index (χ1v) is 13.6. The Bertz CT molecular complexity index is 2050. The highest BCUT2D eigenvalue weighted by Gasteiger charge is 2.21. The van der Waals surface area contributed by atoms with E-state index in [1.807, 2.05) is 54.7 Å². The molecule has 0 spiro atoms. The molecule has 0 aliphatic carbocycles. The smallest absolute Gasteiger partial charge is 0.160 e. The number of pyridine rings is 1. The maximum Gasteiger partial charge on any atom is 0.160 e. The lowest BCUT2D eigenvalue weighted by atomic mass is 9.93. The highest BCUT2D eigenvalue weighted by Crippen LogP contribution is 2.47. The van der Waals surface area contributed by atoms with Gasteiger partial charge < -0.3 is 4.74 Å². The van der Waals surface area contributed by atoms with Gasteiger partial charge >= 0.3 is 0 Å². The van der Waals surface area contributed by atoms with Crippen LogP contribution in [0.15, 0.2) is 140 Å². The maximum atomic E-state index is 6.45. The lowest BCUT2D eigenvalue weighted by Crippen LogP contribution is -1.99. The Kier molecular flexibility index (Phi) is 5.42. The molecule has 8 rings (SSSR count). The van der Waals surface area contributed by atoms with Crippen LogP contribution >= 0.6 is 0 Å². The molecule has 1 aliphatic heterocycles. The molecule has 0 unspecified atom stereocenters. The number of rotatable bonds is 4. The third kappa shape index (κ3) is 4.14. The van der Waals surface area contributed by atoms with Crippen molar-refractivity contribution in [3.8, 4) is 67.7 Å². The molecule has 0 saturated heterocycles. The van der Waals surface area contributed by atoms with Gasteiger partial charge in [-0.25, -0.2) is 9.97 Å². The van der Waals surface area contributed by atoms with Gasteiger partial charge in [-0.3, -0.25) is 4.98 Å². The Morgan fingerprint density at radius 3 is 2.00 bits per heavy atom. The summed E-state index contributed by atoms with van der Waals surface area (Å²) in [6.07, 6.45) is 3.67. The fraction of sp³-hybridized carbons (Fsp3) is 0. The van der Waals surface area contributed by atoms with E-state index in [1.54, 1.807) is 6.20 Å². The number of fused-ring (bicyclic) bond motifs is 2. The zero-order valence-electron chi connectivity index (χ0n) is 22.0. The van der Waals surface area contributed by atoms with Crippen molar-refractivity contribution in [3.63, 3.8) is 0 Å². The van der Waals surface area contributed by atoms with Gasteiger partial charge in [0.05, 0.1) is 11.4 Å². The summed E-state index contributed by atoms with van der Waals surface area (Å²) in [6, 6.07) is 43.6. The van der Waals surface area contributed by atoms with Gasteiger partial charge in [0.1, 0.15) is 11.5 Å². The maximum absolute atomic E-state index is 6.45. The number of hydrogen-bond acceptors (Lipinski definition) is 4. The highest BCUT2D eigenvalue weighted by molar-refractivity contribution is 6.04. The van der Waals surface area contributed by atoms with Crippen molar-refractivity contribution in [2.45, 2.75) is 0 Å². The number of aromatic nitrogens is 3. The van der Waals surface area contributed by atoms with E-state index in [-0.39, 0.29) is 0 Å². The van der Waals surface area contributed by atoms with Crippen molar-refractivity contribution in [1.29, 1.82) is 0 Å². The SMILES string of the molecule is c1ccc(-c2nc(-c3ccc(-c4cccnc4)cc3)cc(-c3ccc4c(c3)Oc3cccc5cccc-4c35)n2)cc1. The van der Waals surface area contributed by atoms with Crippen LogP contribution in [0.3, 0.4) is 0 Å². The van der Waals surface area contributed by atoms with Gasteiger partial charge in [-0.05, 0) is 52.4 Å². The Morgan fingerprint density at radius 2 is 1.20 bits per heavy atom. The van der Waals surface area contributed by atoms with Crippen LogP contribution in [0.5, 0.6) is 11.5 Å². The van der Waals surface area contributed by atoms with Gasteiger partial charge in [0, 0.05) is 40.0 Å². The first-order chi connectivity index (χ1) is 20.3. The third-order valence-electron chi connectivity index (χ3n) is 7.59. The van der Waals surface area contributed by atoms with Crippen LogP contribution < -0.4 is 4.74 Å². The van der Waals surface area contributed by atoms with Crippen molar-refractivity contribution in [2.24, 2.45) is 0 Å². The van der Waals surface area contributed by atoms with Crippen LogP contribution in [0.4, 0.5) is 0 Å². The summed E-state index contributed by atoms with van der Waals surface area (Å²) in [5.41, 5.74) is 9.14. The van der Waals surface area contributed by atoms with Crippen LogP contribution in [-0.2, 0) is 0 Å². The molecule has 0 bridgehead atoms. The standard InChI is InChI=1S/C37H23N3O/c1-2-7-27(8-3-1)37-39-32(25-16-14-24(15-17-25)29-11-6-20-38-23-29)22-33(40-37)28-18-19-30-31-12-4-9-26-10-5-13-34(36(26)31)41-35(30)21-28/h1-23H. The fourth-order valence-corrected chi connectivity index (χ4v) is 5.55. The minimum Gasteiger partial charge on any atom is -0.456 e. The van der Waals surface area contributed by atoms with Gasteiger partial charge in [0.25, 0.3) is 0 Å². The van der Waals surface area contributed by atoms with Crippen molar-refractivity contribution in [2.75, 3.05) is 0 Å². The van der Waals surface area contributed by atoms with Gasteiger partial charge in [0.15, 0.2) is 5.82 Å². The van der Waals surface area contributed by atoms with E-state index in [0.717, 1.165) is 61.7 Å². The number of hydrogen-bond donors (Lipinski definition) is 0. The molecule has 0 saturated carbocycles. The average Bonchev–Trinajstić information content (AvgIpc) is 3.05. The van der Waals surface area contributed by atoms with Crippen molar-refractivity contribution < 1.29 is 4.74 Å². The van der Waals surface area contributed by atoms with E-state index in [4.69, 9.17) is 14.7 Å². The molecule has 0 fully saturated rings. The largest absolute Gasteiger partial charge is 0.456 e. The summed E-state index contributed by atoms with van der Waals surface area (Å²) in [4.78, 5) is 14.3. The summed E-state index contributed by atoms with van der Waals surface area (Å²) >= 11 is 0. The van der Waals surface area contributed by atoms with Crippen LogP contribution in [-0.4, -0.2) is 15.0 Å². The number of benzene rings is 5. The molecule has 2 aromatic heterocycles. The predicted molar refractivity (Wildman–Crippen MR) is 165 cm³/mol. The summed E-state index contributed by atoms with van der Waals surface area (Å²) in [5, 5.41) is 2.33. The zero-order valence-corrected chi connectivity index (χ0v) is 22.0. The summed E-state index contributed by atoms with van der Waals surface area (Å²) in [5.74, 6) is 2.39. The molecule has 0 atom stereocenters. The molecule has 192 valence electrons. The molecule has 7 aromatic rings. The van der Waals surface area contributed by atoms with Crippen LogP contribution in [0.1, 0.15) is 0 Å². The molecule has 0 N–H and O–H groups in total. The van der Waals surface area contributed by atoms with Crippen LogP contribution in [0.2, 0.25) is 0 Å². The summed E-state index contributed by atoms with van der Waals surface area (Å²) in [7, 11) is 0. The summed E-state index contributed by atoms with van der Waals surface area (Å²) in [6.45, 7) is 0. The quantitative estimate of drug-likeness (QED) is 0.230. The fourth-order valence-electron chi connectivity index (χ4n) is 5.55. The first kappa shape index (κ1) is 23.3. The minimum absolute atomic E-state index is 0.684. The monoisotopic (exact) mass is 525 g/mol. The molecule has 41 heavy (non-hydrogen) atoms. The molecule has 3 heterocycles. The van der Waals surface area contributed by atoms with Gasteiger partial charge in [-0.1, -0.05) is 97.1 Å². The predicted octanol–water partition coefficient (Wildman–Crippen LogP) is 9.47. The van der Waals surface area contributed by atoms with Gasteiger partial charge in [-0.2, -0.15) is 0 Å². The molecular formula is C37H23N3O. The van der Waals surface area contributed by atoms with Crippen molar-refractivity contribution in [1.82, 2.24) is 15.0 Å². The second-order valence-corrected chi connectivity index (χ2v) is 10.1. The lowest BCUT2D eigenvalue weighted by molar-refractivity contribution is 0.487. The Balaban J connectivity index is 1.25. The molecule has 4 heteroatoms. The number of nitrogens with zero attached hydrogens (tertiary/aromatic N) is 3. The normalized spacial score (nSPS) is 11.6. The third-order valence-corrected chi connectivity index (χ3v) is 7.59. The molecular weight excluding hydrogens is 502 g/mol. The Morgan fingerprint density at radius 1 is 0.463 bits per heavy atom. The molecule has 0 amide bonds. The Hall–Kier alpha value is -5.61. The van der Waals surface area contributed by atoms with E-state index in [1.165, 1.54) is 10.9 Å². The van der Waals surface area contributed by atoms with Crippen LogP contribution in [0.25, 0.3) is 66.9 Å². The Labute approximate surface area is 237 Å². The average molecular weight is 526 g/mol. The van der Waals surface area contributed by atoms with Gasteiger partial charge in [0.2, 0.25) is 0 Å². The first-order valence-electron chi connectivity index (χ1n) is 13.6. The summed E-state index contributed by atoms with van der Waals surface area (Å²) < 4.78 is 6.45. The molecule has 0 radical (unpaired) electrons. The highest BCUT2D eigenvalue weighted by atomic mass is 16.5. The second kappa shape index (κ2) is 9.54. The van der Waals surface area contributed by atoms with Crippen molar-refractivity contribution in [3.05, 3.63) is 140 Å². The minimum atomic E-state index is 0.684. The van der Waals surface area contributed by atoms with Gasteiger partial charge in [-0.15, -0.1) is 0 Å². The van der Waals surface area contributed by atoms with E-state index in [0.29, 0.717) is 5.82 Å². The van der Waals surface area contributed by atoms with E-state index in [9.17, 15) is 0 Å². The van der Waals surface area contributed by atoms with Crippen LogP contribution in [0, 0.1) is 0 Å². The second-order valence-electron chi connectivity index (χ2n) is 10.1. The number of ether oxygens (including phenoxy) is 1. The molecule has 5 aromatic carbocycles. The topological polar surface area (TPSA) is 47.9 Å². The van der Waals surface area contributed by atoms with E-state index < -0.39 is 0 Å². The zero-order chi connectivity index (χ0) is 27.2. The molecule has 1 aliphatic rings.